The molecule has 0 aliphatic heterocycles. The predicted octanol–water partition coefficient (Wildman–Crippen LogP) is 5.44. The van der Waals surface area contributed by atoms with Gasteiger partial charge < -0.3 is 14.5 Å². The van der Waals surface area contributed by atoms with Crippen molar-refractivity contribution in [2.45, 2.75) is 20.8 Å². The van der Waals surface area contributed by atoms with Gasteiger partial charge in [0.15, 0.2) is 12.2 Å². The lowest BCUT2D eigenvalue weighted by Gasteiger charge is -2.11. The van der Waals surface area contributed by atoms with E-state index in [0.717, 1.165) is 28.0 Å². The van der Waals surface area contributed by atoms with Crippen LogP contribution in [0.2, 0.25) is 0 Å². The lowest BCUT2D eigenvalue weighted by molar-refractivity contribution is -0.118. The van der Waals surface area contributed by atoms with Gasteiger partial charge in [0.05, 0.1) is 0 Å². The molecule has 0 spiro atoms. The Bertz CT molecular complexity index is 1190. The second kappa shape index (κ2) is 7.80. The van der Waals surface area contributed by atoms with Gasteiger partial charge in [0.25, 0.3) is 5.91 Å². The first-order valence-electron chi connectivity index (χ1n) is 9.46. The van der Waals surface area contributed by atoms with Gasteiger partial charge in [0.1, 0.15) is 11.3 Å². The molecule has 0 aliphatic rings. The van der Waals surface area contributed by atoms with Gasteiger partial charge in [0, 0.05) is 11.3 Å². The maximum absolute atomic E-state index is 12.3. The van der Waals surface area contributed by atoms with Crippen LogP contribution < -0.4 is 10.1 Å². The number of amides is 1. The molecule has 0 saturated carbocycles. The van der Waals surface area contributed by atoms with Crippen molar-refractivity contribution in [1.29, 1.82) is 0 Å². The normalized spacial score (nSPS) is 10.9. The van der Waals surface area contributed by atoms with E-state index in [-0.39, 0.29) is 12.5 Å². The molecule has 0 unspecified atom stereocenters. The standard InChI is InChI=1S/C24H22N2O3/c1-15-6-4-8-18(12-15)24-26-20-13-19(10-11-22(20)29-24)25-23(27)14-28-21-9-5-7-16(2)17(21)3/h4-13H,14H2,1-3H3,(H,25,27). The zero-order valence-electron chi connectivity index (χ0n) is 16.7. The van der Waals surface area contributed by atoms with Gasteiger partial charge in [-0.25, -0.2) is 4.98 Å². The number of oxazole rings is 1. The molecule has 0 saturated heterocycles. The van der Waals surface area contributed by atoms with Crippen LogP contribution in [0.3, 0.4) is 0 Å². The molecule has 5 nitrogen and oxygen atoms in total. The topological polar surface area (TPSA) is 64.4 Å². The number of nitrogens with zero attached hydrogens (tertiary/aromatic N) is 1. The number of fused-ring (bicyclic) bond motifs is 1. The zero-order valence-corrected chi connectivity index (χ0v) is 16.7. The number of rotatable bonds is 5. The van der Waals surface area contributed by atoms with Crippen LogP contribution in [0.4, 0.5) is 5.69 Å². The van der Waals surface area contributed by atoms with Crippen LogP contribution in [0.25, 0.3) is 22.6 Å². The van der Waals surface area contributed by atoms with Crippen molar-refractivity contribution in [3.05, 3.63) is 77.4 Å². The SMILES string of the molecule is Cc1cccc(-c2nc3cc(NC(=O)COc4cccc(C)c4C)ccc3o2)c1. The summed E-state index contributed by atoms with van der Waals surface area (Å²) >= 11 is 0. The number of hydrogen-bond donors (Lipinski definition) is 1. The quantitative estimate of drug-likeness (QED) is 0.496. The van der Waals surface area contributed by atoms with Crippen molar-refractivity contribution in [3.8, 4) is 17.2 Å². The van der Waals surface area contributed by atoms with Gasteiger partial charge in [-0.1, -0.05) is 29.8 Å². The van der Waals surface area contributed by atoms with Crippen molar-refractivity contribution >= 4 is 22.7 Å². The highest BCUT2D eigenvalue weighted by molar-refractivity contribution is 5.94. The number of ether oxygens (including phenoxy) is 1. The molecule has 0 aliphatic carbocycles. The minimum Gasteiger partial charge on any atom is -0.483 e. The summed E-state index contributed by atoms with van der Waals surface area (Å²) in [6.07, 6.45) is 0. The van der Waals surface area contributed by atoms with Crippen LogP contribution >= 0.6 is 0 Å². The Labute approximate surface area is 169 Å². The Morgan fingerprint density at radius 3 is 2.69 bits per heavy atom. The number of hydrogen-bond acceptors (Lipinski definition) is 4. The van der Waals surface area contributed by atoms with E-state index in [0.29, 0.717) is 22.7 Å². The third-order valence-electron chi connectivity index (χ3n) is 4.85. The number of carbonyl (C=O) groups excluding carboxylic acids is 1. The van der Waals surface area contributed by atoms with E-state index < -0.39 is 0 Å². The third-order valence-corrected chi connectivity index (χ3v) is 4.85. The fraction of sp³-hybridized carbons (Fsp3) is 0.167. The van der Waals surface area contributed by atoms with Gasteiger partial charge in [-0.3, -0.25) is 4.79 Å². The fourth-order valence-electron chi connectivity index (χ4n) is 3.13. The maximum atomic E-state index is 12.3. The molecule has 3 aromatic carbocycles. The van der Waals surface area contributed by atoms with Gasteiger partial charge in [-0.05, 0) is 68.3 Å². The highest BCUT2D eigenvalue weighted by atomic mass is 16.5. The monoisotopic (exact) mass is 386 g/mol. The van der Waals surface area contributed by atoms with Gasteiger partial charge in [-0.2, -0.15) is 0 Å². The smallest absolute Gasteiger partial charge is 0.262 e. The lowest BCUT2D eigenvalue weighted by Crippen LogP contribution is -2.20. The summed E-state index contributed by atoms with van der Waals surface area (Å²) in [6, 6.07) is 19.2. The minimum absolute atomic E-state index is 0.0598. The summed E-state index contributed by atoms with van der Waals surface area (Å²) in [4.78, 5) is 16.9. The van der Waals surface area contributed by atoms with Gasteiger partial charge >= 0.3 is 0 Å². The molecular weight excluding hydrogens is 364 g/mol. The summed E-state index contributed by atoms with van der Waals surface area (Å²) in [6.45, 7) is 5.96. The van der Waals surface area contributed by atoms with Crippen LogP contribution in [0.15, 0.2) is 65.1 Å². The Morgan fingerprint density at radius 1 is 1.03 bits per heavy atom. The molecule has 1 amide bonds. The Kier molecular flexibility index (Phi) is 5.04. The molecule has 1 N–H and O–H groups in total. The number of nitrogens with one attached hydrogen (secondary N) is 1. The van der Waals surface area contributed by atoms with Crippen molar-refractivity contribution < 1.29 is 13.9 Å². The molecule has 4 rings (SSSR count). The van der Waals surface area contributed by atoms with E-state index in [9.17, 15) is 4.79 Å². The summed E-state index contributed by atoms with van der Waals surface area (Å²) in [5, 5.41) is 2.85. The molecule has 146 valence electrons. The minimum atomic E-state index is -0.229. The number of anilines is 1. The molecule has 0 bridgehead atoms. The first-order valence-corrected chi connectivity index (χ1v) is 9.46. The number of benzene rings is 3. The van der Waals surface area contributed by atoms with E-state index in [1.165, 1.54) is 0 Å². The van der Waals surface area contributed by atoms with Crippen LogP contribution in [0, 0.1) is 20.8 Å². The van der Waals surface area contributed by atoms with Crippen molar-refractivity contribution in [2.75, 3.05) is 11.9 Å². The Balaban J connectivity index is 1.46. The predicted molar refractivity (Wildman–Crippen MR) is 114 cm³/mol. The summed E-state index contributed by atoms with van der Waals surface area (Å²) in [7, 11) is 0. The fourth-order valence-corrected chi connectivity index (χ4v) is 3.13. The summed E-state index contributed by atoms with van der Waals surface area (Å²) in [5.41, 5.74) is 6.24. The molecule has 0 radical (unpaired) electrons. The van der Waals surface area contributed by atoms with Crippen molar-refractivity contribution in [3.63, 3.8) is 0 Å². The third kappa shape index (κ3) is 4.14. The van der Waals surface area contributed by atoms with E-state index >= 15 is 0 Å². The second-order valence-corrected chi connectivity index (χ2v) is 7.11. The first kappa shape index (κ1) is 18.7. The lowest BCUT2D eigenvalue weighted by atomic mass is 10.1. The molecular formula is C24H22N2O3. The van der Waals surface area contributed by atoms with Gasteiger partial charge in [0.2, 0.25) is 5.89 Å². The summed E-state index contributed by atoms with van der Waals surface area (Å²) < 4.78 is 11.5. The average Bonchev–Trinajstić information content (AvgIpc) is 3.12. The second-order valence-electron chi connectivity index (χ2n) is 7.11. The molecule has 5 heteroatoms. The Morgan fingerprint density at radius 2 is 1.86 bits per heavy atom. The highest BCUT2D eigenvalue weighted by Crippen LogP contribution is 2.27. The van der Waals surface area contributed by atoms with E-state index in [4.69, 9.17) is 9.15 Å². The number of aryl methyl sites for hydroxylation is 2. The van der Waals surface area contributed by atoms with E-state index in [1.807, 2.05) is 69.3 Å². The molecule has 4 aromatic rings. The zero-order chi connectivity index (χ0) is 20.4. The first-order chi connectivity index (χ1) is 14.0. The number of aromatic nitrogens is 1. The number of carbonyl (C=O) groups is 1. The van der Waals surface area contributed by atoms with Gasteiger partial charge in [-0.15, -0.1) is 0 Å². The summed E-state index contributed by atoms with van der Waals surface area (Å²) in [5.74, 6) is 1.05. The highest BCUT2D eigenvalue weighted by Gasteiger charge is 2.11. The van der Waals surface area contributed by atoms with E-state index in [2.05, 4.69) is 10.3 Å². The average molecular weight is 386 g/mol. The van der Waals surface area contributed by atoms with Crippen LogP contribution in [0.5, 0.6) is 5.75 Å². The van der Waals surface area contributed by atoms with Crippen molar-refractivity contribution in [1.82, 2.24) is 4.98 Å². The van der Waals surface area contributed by atoms with Crippen LogP contribution in [-0.4, -0.2) is 17.5 Å². The molecule has 0 atom stereocenters. The largest absolute Gasteiger partial charge is 0.483 e. The van der Waals surface area contributed by atoms with Crippen LogP contribution in [-0.2, 0) is 4.79 Å². The van der Waals surface area contributed by atoms with Crippen molar-refractivity contribution in [2.24, 2.45) is 0 Å². The molecule has 0 fully saturated rings. The Hall–Kier alpha value is -3.60. The van der Waals surface area contributed by atoms with E-state index in [1.54, 1.807) is 12.1 Å². The molecule has 29 heavy (non-hydrogen) atoms. The van der Waals surface area contributed by atoms with Crippen LogP contribution in [0.1, 0.15) is 16.7 Å². The molecule has 1 aromatic heterocycles. The molecule has 1 heterocycles. The maximum Gasteiger partial charge on any atom is 0.262 e.